The van der Waals surface area contributed by atoms with Crippen LogP contribution in [0.2, 0.25) is 0 Å². The number of nitrogens with zero attached hydrogens (tertiary/aromatic N) is 2. The second-order valence-electron chi connectivity index (χ2n) is 4.06. The number of hydrogen-bond donors (Lipinski definition) is 1. The molecule has 106 valence electrons. The van der Waals surface area contributed by atoms with Crippen LogP contribution in [-0.4, -0.2) is 50.9 Å². The molecule has 0 aliphatic carbocycles. The highest BCUT2D eigenvalue weighted by Gasteiger charge is 2.18. The number of rotatable bonds is 5. The van der Waals surface area contributed by atoms with Gasteiger partial charge in [-0.2, -0.15) is 0 Å². The predicted octanol–water partition coefficient (Wildman–Crippen LogP) is 0.305. The van der Waals surface area contributed by atoms with Gasteiger partial charge in [0, 0.05) is 20.3 Å². The molecule has 1 rings (SSSR count). The van der Waals surface area contributed by atoms with Gasteiger partial charge in [-0.25, -0.2) is 22.5 Å². The number of nitrogens with one attached hydrogen (secondary N) is 1. The summed E-state index contributed by atoms with van der Waals surface area (Å²) >= 11 is 0. The van der Waals surface area contributed by atoms with E-state index in [-0.39, 0.29) is 4.90 Å². The largest absolute Gasteiger partial charge is 0.467 e. The van der Waals surface area contributed by atoms with Gasteiger partial charge in [-0.15, -0.1) is 0 Å². The number of methoxy groups -OCH3 is 1. The van der Waals surface area contributed by atoms with E-state index in [1.54, 1.807) is 6.92 Å². The number of pyridine rings is 1. The fourth-order valence-corrected chi connectivity index (χ4v) is 2.13. The maximum Gasteiger partial charge on any atom is 0.328 e. The normalized spacial score (nSPS) is 13.1. The third-order valence-electron chi connectivity index (χ3n) is 2.43. The standard InChI is InChI=1S/C11H17N3O4S/c1-8(11(15)18-4)13-10-6-5-9(7-12-10)19(16,17)14(2)3/h5-8H,1-4H3,(H,12,13). The maximum atomic E-state index is 11.8. The molecule has 0 radical (unpaired) electrons. The summed E-state index contributed by atoms with van der Waals surface area (Å²) in [5, 5.41) is 2.81. The van der Waals surface area contributed by atoms with Gasteiger partial charge in [-0.3, -0.25) is 0 Å². The zero-order chi connectivity index (χ0) is 14.6. The summed E-state index contributed by atoms with van der Waals surface area (Å²) in [5.41, 5.74) is 0. The first-order valence-electron chi connectivity index (χ1n) is 5.52. The molecule has 1 unspecified atom stereocenters. The van der Waals surface area contributed by atoms with Gasteiger partial charge in [-0.1, -0.05) is 0 Å². The fraction of sp³-hybridized carbons (Fsp3) is 0.455. The van der Waals surface area contributed by atoms with E-state index in [2.05, 4.69) is 15.0 Å². The number of carbonyl (C=O) groups excluding carboxylic acids is 1. The van der Waals surface area contributed by atoms with Gasteiger partial charge in [0.05, 0.1) is 7.11 Å². The van der Waals surface area contributed by atoms with Gasteiger partial charge in [0.1, 0.15) is 16.8 Å². The fourth-order valence-electron chi connectivity index (χ4n) is 1.29. The quantitative estimate of drug-likeness (QED) is 0.784. The molecular formula is C11H17N3O4S. The van der Waals surface area contributed by atoms with Crippen molar-refractivity contribution in [3.63, 3.8) is 0 Å². The molecule has 1 aromatic heterocycles. The van der Waals surface area contributed by atoms with Crippen LogP contribution in [0.3, 0.4) is 0 Å². The van der Waals surface area contributed by atoms with E-state index in [1.165, 1.54) is 39.5 Å². The maximum absolute atomic E-state index is 11.8. The highest BCUT2D eigenvalue weighted by molar-refractivity contribution is 7.89. The van der Waals surface area contributed by atoms with Crippen LogP contribution in [0.1, 0.15) is 6.92 Å². The van der Waals surface area contributed by atoms with E-state index >= 15 is 0 Å². The summed E-state index contributed by atoms with van der Waals surface area (Å²) in [5.74, 6) is -0.0256. The van der Waals surface area contributed by atoms with Crippen molar-refractivity contribution in [2.24, 2.45) is 0 Å². The smallest absolute Gasteiger partial charge is 0.328 e. The van der Waals surface area contributed by atoms with Crippen LogP contribution in [0, 0.1) is 0 Å². The Morgan fingerprint density at radius 2 is 2.05 bits per heavy atom. The Balaban J connectivity index is 2.86. The molecule has 0 aromatic carbocycles. The second-order valence-corrected chi connectivity index (χ2v) is 6.21. The minimum Gasteiger partial charge on any atom is -0.467 e. The first-order chi connectivity index (χ1) is 8.78. The average molecular weight is 287 g/mol. The van der Waals surface area contributed by atoms with E-state index in [0.29, 0.717) is 5.82 Å². The Morgan fingerprint density at radius 3 is 2.47 bits per heavy atom. The molecule has 0 fully saturated rings. The highest BCUT2D eigenvalue weighted by atomic mass is 32.2. The summed E-state index contributed by atoms with van der Waals surface area (Å²) in [6, 6.07) is 2.36. The first kappa shape index (κ1) is 15.4. The minimum absolute atomic E-state index is 0.0915. The first-order valence-corrected chi connectivity index (χ1v) is 6.96. The van der Waals surface area contributed by atoms with Crippen molar-refractivity contribution < 1.29 is 17.9 Å². The SMILES string of the molecule is COC(=O)C(C)Nc1ccc(S(=O)(=O)N(C)C)cn1. The Morgan fingerprint density at radius 1 is 1.42 bits per heavy atom. The molecule has 0 spiro atoms. The van der Waals surface area contributed by atoms with Crippen LogP contribution in [-0.2, 0) is 19.6 Å². The third kappa shape index (κ3) is 3.65. The molecule has 0 saturated carbocycles. The van der Waals surface area contributed by atoms with Gasteiger partial charge >= 0.3 is 5.97 Å². The van der Waals surface area contributed by atoms with E-state index in [1.807, 2.05) is 0 Å². The number of carbonyl (C=O) groups is 1. The summed E-state index contributed by atoms with van der Waals surface area (Å²) in [7, 11) is 0.691. The molecule has 7 nitrogen and oxygen atoms in total. The van der Waals surface area contributed by atoms with E-state index in [0.717, 1.165) is 4.31 Å². The monoisotopic (exact) mass is 287 g/mol. The summed E-state index contributed by atoms with van der Waals surface area (Å²) in [6.07, 6.45) is 1.24. The van der Waals surface area contributed by atoms with Crippen LogP contribution < -0.4 is 5.32 Å². The van der Waals surface area contributed by atoms with Gasteiger partial charge in [0.25, 0.3) is 0 Å². The van der Waals surface area contributed by atoms with Crippen molar-refractivity contribution in [3.05, 3.63) is 18.3 Å². The lowest BCUT2D eigenvalue weighted by atomic mass is 10.3. The molecule has 0 aliphatic heterocycles. The van der Waals surface area contributed by atoms with E-state index < -0.39 is 22.0 Å². The van der Waals surface area contributed by atoms with Crippen molar-refractivity contribution in [2.75, 3.05) is 26.5 Å². The molecule has 0 amide bonds. The molecule has 0 saturated heterocycles. The molecule has 0 aliphatic rings. The average Bonchev–Trinajstić information content (AvgIpc) is 2.38. The molecule has 19 heavy (non-hydrogen) atoms. The zero-order valence-corrected chi connectivity index (χ0v) is 12.1. The Labute approximate surface area is 112 Å². The number of esters is 1. The van der Waals surface area contributed by atoms with E-state index in [4.69, 9.17) is 0 Å². The summed E-state index contributed by atoms with van der Waals surface area (Å²) in [4.78, 5) is 15.3. The molecule has 1 atom stereocenters. The van der Waals surface area contributed by atoms with E-state index in [9.17, 15) is 13.2 Å². The predicted molar refractivity (Wildman–Crippen MR) is 70.2 cm³/mol. The van der Waals surface area contributed by atoms with Gasteiger partial charge in [0.15, 0.2) is 0 Å². The minimum atomic E-state index is -3.49. The number of sulfonamides is 1. The van der Waals surface area contributed by atoms with Crippen molar-refractivity contribution in [1.82, 2.24) is 9.29 Å². The van der Waals surface area contributed by atoms with Crippen molar-refractivity contribution in [2.45, 2.75) is 17.9 Å². The van der Waals surface area contributed by atoms with Crippen LogP contribution >= 0.6 is 0 Å². The Bertz CT molecular complexity index is 540. The van der Waals surface area contributed by atoms with Crippen LogP contribution in [0.5, 0.6) is 0 Å². The molecule has 1 heterocycles. The Kier molecular flexibility index (Phi) is 4.84. The molecule has 1 aromatic rings. The molecule has 8 heteroatoms. The van der Waals surface area contributed by atoms with Gasteiger partial charge in [0.2, 0.25) is 10.0 Å². The molecule has 0 bridgehead atoms. The summed E-state index contributed by atoms with van der Waals surface area (Å²) in [6.45, 7) is 1.62. The topological polar surface area (TPSA) is 88.6 Å². The second kappa shape index (κ2) is 5.98. The molecule has 1 N–H and O–H groups in total. The highest BCUT2D eigenvalue weighted by Crippen LogP contribution is 2.14. The van der Waals surface area contributed by atoms with Crippen LogP contribution in [0.4, 0.5) is 5.82 Å². The lowest BCUT2D eigenvalue weighted by Gasteiger charge is -2.13. The number of aromatic nitrogens is 1. The zero-order valence-electron chi connectivity index (χ0n) is 11.2. The lowest BCUT2D eigenvalue weighted by Crippen LogP contribution is -2.27. The molecular weight excluding hydrogens is 270 g/mol. The third-order valence-corrected chi connectivity index (χ3v) is 4.23. The van der Waals surface area contributed by atoms with Crippen molar-refractivity contribution >= 4 is 21.8 Å². The van der Waals surface area contributed by atoms with Crippen molar-refractivity contribution in [1.29, 1.82) is 0 Å². The van der Waals surface area contributed by atoms with Crippen LogP contribution in [0.15, 0.2) is 23.2 Å². The van der Waals surface area contributed by atoms with Gasteiger partial charge < -0.3 is 10.1 Å². The Hall–Kier alpha value is -1.67. The lowest BCUT2D eigenvalue weighted by molar-refractivity contribution is -0.141. The summed E-state index contributed by atoms with van der Waals surface area (Å²) < 4.78 is 29.3. The van der Waals surface area contributed by atoms with Gasteiger partial charge in [-0.05, 0) is 19.1 Å². The van der Waals surface area contributed by atoms with Crippen LogP contribution in [0.25, 0.3) is 0 Å². The number of hydrogen-bond acceptors (Lipinski definition) is 6. The number of ether oxygens (including phenoxy) is 1. The van der Waals surface area contributed by atoms with Crippen molar-refractivity contribution in [3.8, 4) is 0 Å². The number of anilines is 1.